The van der Waals surface area contributed by atoms with Crippen LogP contribution in [0.4, 0.5) is 0 Å². The molecule has 0 atom stereocenters. The first-order valence-corrected chi connectivity index (χ1v) is 3.10. The predicted molar refractivity (Wildman–Crippen MR) is 38.1 cm³/mol. The summed E-state index contributed by atoms with van der Waals surface area (Å²) in [6.07, 6.45) is 0. The molecule has 0 aliphatic carbocycles. The van der Waals surface area contributed by atoms with Gasteiger partial charge >= 0.3 is 57.2 Å². The molecule has 0 spiro atoms. The second-order valence-electron chi connectivity index (χ2n) is 1.80. The summed E-state index contributed by atoms with van der Waals surface area (Å²) in [7, 11) is 0. The summed E-state index contributed by atoms with van der Waals surface area (Å²) in [5.74, 6) is 0. The van der Waals surface area contributed by atoms with Gasteiger partial charge < -0.3 is 0 Å². The van der Waals surface area contributed by atoms with Crippen molar-refractivity contribution >= 4 is 16.9 Å². The average molecular weight is 183 g/mol. The van der Waals surface area contributed by atoms with Gasteiger partial charge in [0.25, 0.3) is 0 Å². The Labute approximate surface area is 69.9 Å². The van der Waals surface area contributed by atoms with Crippen LogP contribution in [0.1, 0.15) is 5.56 Å². The van der Waals surface area contributed by atoms with Gasteiger partial charge in [0.15, 0.2) is 0 Å². The van der Waals surface area contributed by atoms with E-state index in [0.29, 0.717) is 0 Å². The van der Waals surface area contributed by atoms with E-state index >= 15 is 0 Å². The fraction of sp³-hybridized carbons (Fsp3) is 0.143. The van der Waals surface area contributed by atoms with Crippen molar-refractivity contribution < 1.29 is 16.0 Å². The van der Waals surface area contributed by atoms with Gasteiger partial charge in [0, 0.05) is 0 Å². The molecule has 2 heteroatoms. The van der Waals surface area contributed by atoms with Crippen molar-refractivity contribution in [1.82, 2.24) is 0 Å². The molecule has 0 radical (unpaired) electrons. The first-order chi connectivity index (χ1) is 3.79. The van der Waals surface area contributed by atoms with E-state index in [1.807, 2.05) is 12.1 Å². The molecule has 0 aliphatic heterocycles. The second-order valence-corrected chi connectivity index (χ2v) is 2.48. The Kier molecular flexibility index (Phi) is 3.96. The monoisotopic (exact) mass is 182 g/mol. The number of benzene rings is 1. The van der Waals surface area contributed by atoms with Crippen molar-refractivity contribution in [1.29, 1.82) is 0 Å². The van der Waals surface area contributed by atoms with Crippen molar-refractivity contribution in [3.8, 4) is 0 Å². The van der Waals surface area contributed by atoms with E-state index in [9.17, 15) is 0 Å². The van der Waals surface area contributed by atoms with Crippen molar-refractivity contribution in [3.63, 3.8) is 0 Å². The molecule has 0 nitrogen and oxygen atoms in total. The maximum absolute atomic E-state index is 3.35. The molecule has 0 aromatic heterocycles. The number of aryl methyl sites for hydroxylation is 1. The smallest absolute Gasteiger partial charge is 0.147 e. The third-order valence-electron chi connectivity index (χ3n) is 1.01. The van der Waals surface area contributed by atoms with Crippen LogP contribution in [0.25, 0.3) is 0 Å². The Morgan fingerprint density at radius 2 is 1.56 bits per heavy atom. The molecule has 0 saturated heterocycles. The zero-order valence-electron chi connectivity index (χ0n) is 5.10. The minimum atomic E-state index is 0. The van der Waals surface area contributed by atoms with Gasteiger partial charge in [0.2, 0.25) is 0 Å². The molecule has 0 heterocycles. The van der Waals surface area contributed by atoms with E-state index in [-0.39, 0.29) is 12.4 Å². The van der Waals surface area contributed by atoms with Gasteiger partial charge in [-0.3, -0.25) is 0 Å². The molecule has 0 aliphatic rings. The van der Waals surface area contributed by atoms with Crippen LogP contribution in [0.2, 0.25) is 0 Å². The third-order valence-corrected chi connectivity index (χ3v) is 1.40. The first kappa shape index (κ1) is 9.03. The topological polar surface area (TPSA) is 0 Å². The van der Waals surface area contributed by atoms with Crippen LogP contribution in [0.3, 0.4) is 0 Å². The van der Waals surface area contributed by atoms with E-state index in [4.69, 9.17) is 0 Å². The van der Waals surface area contributed by atoms with E-state index in [0.717, 1.165) is 4.46 Å². The summed E-state index contributed by atoms with van der Waals surface area (Å²) >= 11 is 3.35. The Hall–Kier alpha value is 0.0295. The van der Waals surface area contributed by atoms with Crippen LogP contribution in [0.5, 0.6) is 0 Å². The molecule has 0 bridgehead atoms. The van der Waals surface area contributed by atoms with Gasteiger partial charge in [-0.1, -0.05) is 0 Å². The molecule has 1 aromatic rings. The zero-order chi connectivity index (χ0) is 5.98. The maximum Gasteiger partial charge on any atom is -0.147 e. The Balaban J connectivity index is 0.000000640. The standard InChI is InChI=1S/C7H7.ClH.Mn/c1-7-5-3-2-4-6-7;;/h3-6H,1H3;1H;. The number of rotatable bonds is 0. The fourth-order valence-corrected chi connectivity index (χ4v) is 0.730. The van der Waals surface area contributed by atoms with Crippen molar-refractivity contribution in [2.24, 2.45) is 0 Å². The molecule has 0 saturated carbocycles. The van der Waals surface area contributed by atoms with Gasteiger partial charge in [-0.15, -0.1) is 12.4 Å². The Bertz CT molecular complexity index is 148. The second kappa shape index (κ2) is 3.94. The van der Waals surface area contributed by atoms with Crippen LogP contribution in [-0.4, -0.2) is 0 Å². The number of hydrogen-bond donors (Lipinski definition) is 0. The van der Waals surface area contributed by atoms with E-state index in [2.05, 4.69) is 35.1 Å². The summed E-state index contributed by atoms with van der Waals surface area (Å²) in [4.78, 5) is 0. The SMILES string of the molecule is Cc1cc[c]([Mn])cc1.Cl. The Morgan fingerprint density at radius 3 is 1.89 bits per heavy atom. The Morgan fingerprint density at radius 1 is 1.11 bits per heavy atom. The van der Waals surface area contributed by atoms with Crippen molar-refractivity contribution in [2.45, 2.75) is 6.92 Å². The summed E-state index contributed by atoms with van der Waals surface area (Å²) in [5, 5.41) is 0. The molecule has 0 N–H and O–H groups in total. The minimum Gasteiger partial charge on any atom is -0.147 e. The van der Waals surface area contributed by atoms with Crippen LogP contribution in [-0.2, 0) is 16.0 Å². The summed E-state index contributed by atoms with van der Waals surface area (Å²) < 4.78 is 1.14. The largest absolute Gasteiger partial charge is 0.147 e. The van der Waals surface area contributed by atoms with E-state index in [1.54, 1.807) is 0 Å². The molecule has 0 unspecified atom stereocenters. The molecule has 50 valence electrons. The normalized spacial score (nSPS) is 8.22. The van der Waals surface area contributed by atoms with Crippen molar-refractivity contribution in [3.05, 3.63) is 29.8 Å². The molecular formula is C7H8ClMn. The van der Waals surface area contributed by atoms with Gasteiger partial charge in [-0.05, 0) is 0 Å². The molecule has 0 fully saturated rings. The van der Waals surface area contributed by atoms with E-state index in [1.165, 1.54) is 5.56 Å². The first-order valence-electron chi connectivity index (χ1n) is 2.51. The van der Waals surface area contributed by atoms with Crippen molar-refractivity contribution in [2.75, 3.05) is 0 Å². The summed E-state index contributed by atoms with van der Waals surface area (Å²) in [6.45, 7) is 2.08. The molecule has 1 rings (SSSR count). The van der Waals surface area contributed by atoms with Crippen LogP contribution >= 0.6 is 12.4 Å². The molecule has 9 heavy (non-hydrogen) atoms. The summed E-state index contributed by atoms with van der Waals surface area (Å²) in [5.41, 5.74) is 1.30. The third kappa shape index (κ3) is 2.90. The number of halogens is 1. The van der Waals surface area contributed by atoms with Crippen LogP contribution < -0.4 is 4.46 Å². The van der Waals surface area contributed by atoms with Gasteiger partial charge in [-0.2, -0.15) is 0 Å². The van der Waals surface area contributed by atoms with Crippen LogP contribution in [0, 0.1) is 6.92 Å². The van der Waals surface area contributed by atoms with Gasteiger partial charge in [-0.25, -0.2) is 0 Å². The molecule has 1 aromatic carbocycles. The number of hydrogen-bond acceptors (Lipinski definition) is 0. The van der Waals surface area contributed by atoms with E-state index < -0.39 is 0 Å². The average Bonchev–Trinajstić information content (AvgIpc) is 1.77. The quantitative estimate of drug-likeness (QED) is 0.535. The zero-order valence-corrected chi connectivity index (χ0v) is 7.09. The fourth-order valence-electron chi connectivity index (χ4n) is 0.533. The predicted octanol–water partition coefficient (Wildman–Crippen LogP) is 1.59. The van der Waals surface area contributed by atoms with Crippen LogP contribution in [0.15, 0.2) is 24.3 Å². The summed E-state index contributed by atoms with van der Waals surface area (Å²) in [6, 6.07) is 8.22. The molecular weight excluding hydrogens is 174 g/mol. The molecule has 0 amide bonds. The minimum absolute atomic E-state index is 0. The van der Waals surface area contributed by atoms with Gasteiger partial charge in [0.05, 0.1) is 0 Å². The van der Waals surface area contributed by atoms with Gasteiger partial charge in [0.1, 0.15) is 0 Å². The maximum atomic E-state index is 3.35.